The minimum Gasteiger partial charge on any atom is -0.508 e. The molecule has 0 bridgehead atoms. The molecular formula is C15H13N3O2. The zero-order chi connectivity index (χ0) is 13.9. The molecule has 1 aromatic heterocycles. The molecule has 3 N–H and O–H groups in total. The van der Waals surface area contributed by atoms with Crippen LogP contribution in [0, 0.1) is 0 Å². The molecule has 0 atom stereocenters. The van der Waals surface area contributed by atoms with Gasteiger partial charge in [-0.1, -0.05) is 29.4 Å². The van der Waals surface area contributed by atoms with E-state index >= 15 is 0 Å². The molecule has 3 rings (SSSR count). The third-order valence-corrected chi connectivity index (χ3v) is 2.91. The van der Waals surface area contributed by atoms with Gasteiger partial charge < -0.3 is 15.4 Å². The van der Waals surface area contributed by atoms with Crippen LogP contribution < -0.4 is 5.73 Å². The Morgan fingerprint density at radius 1 is 1.10 bits per heavy atom. The number of hydrogen-bond donors (Lipinski definition) is 2. The summed E-state index contributed by atoms with van der Waals surface area (Å²) in [6, 6.07) is 14.3. The summed E-state index contributed by atoms with van der Waals surface area (Å²) in [6.45, 7) is 0. The average Bonchev–Trinajstić information content (AvgIpc) is 2.90. The van der Waals surface area contributed by atoms with E-state index < -0.39 is 0 Å². The van der Waals surface area contributed by atoms with Gasteiger partial charge >= 0.3 is 0 Å². The summed E-state index contributed by atoms with van der Waals surface area (Å²) in [5.41, 5.74) is 8.13. The summed E-state index contributed by atoms with van der Waals surface area (Å²) >= 11 is 0. The van der Waals surface area contributed by atoms with Crippen LogP contribution in [-0.4, -0.2) is 15.2 Å². The first-order chi connectivity index (χ1) is 9.70. The zero-order valence-corrected chi connectivity index (χ0v) is 10.7. The molecule has 5 nitrogen and oxygen atoms in total. The van der Waals surface area contributed by atoms with Crippen molar-refractivity contribution in [2.45, 2.75) is 6.42 Å². The molecule has 20 heavy (non-hydrogen) atoms. The first kappa shape index (κ1) is 12.2. The predicted octanol–water partition coefficient (Wildman–Crippen LogP) is 2.62. The van der Waals surface area contributed by atoms with Crippen LogP contribution in [0.15, 0.2) is 53.1 Å². The molecule has 3 aromatic rings. The number of benzene rings is 2. The minimum atomic E-state index is 0.174. The third kappa shape index (κ3) is 2.61. The van der Waals surface area contributed by atoms with Crippen molar-refractivity contribution < 1.29 is 9.63 Å². The van der Waals surface area contributed by atoms with Gasteiger partial charge in [0.25, 0.3) is 0 Å². The SMILES string of the molecule is Nc1ccc(Cc2nc(-c3cccc(O)c3)no2)cc1. The standard InChI is InChI=1S/C15H13N3O2/c16-12-6-4-10(5-7-12)8-14-17-15(18-20-14)11-2-1-3-13(19)9-11/h1-7,9,19H,8,16H2. The number of nitrogens with zero attached hydrogens (tertiary/aromatic N) is 2. The molecule has 0 unspecified atom stereocenters. The summed E-state index contributed by atoms with van der Waals surface area (Å²) in [5, 5.41) is 13.4. The smallest absolute Gasteiger partial charge is 0.231 e. The summed E-state index contributed by atoms with van der Waals surface area (Å²) in [7, 11) is 0. The molecule has 5 heteroatoms. The molecule has 0 radical (unpaired) electrons. The van der Waals surface area contributed by atoms with Crippen molar-refractivity contribution in [3.05, 3.63) is 60.0 Å². The maximum Gasteiger partial charge on any atom is 0.231 e. The molecule has 0 aliphatic heterocycles. The van der Waals surface area contributed by atoms with Crippen molar-refractivity contribution in [3.63, 3.8) is 0 Å². The molecule has 1 heterocycles. The Balaban J connectivity index is 1.82. The number of nitrogen functional groups attached to an aromatic ring is 1. The van der Waals surface area contributed by atoms with Crippen molar-refractivity contribution in [3.8, 4) is 17.1 Å². The van der Waals surface area contributed by atoms with Gasteiger partial charge in [-0.15, -0.1) is 0 Å². The molecule has 0 saturated carbocycles. The highest BCUT2D eigenvalue weighted by Crippen LogP contribution is 2.21. The Morgan fingerprint density at radius 2 is 1.90 bits per heavy atom. The van der Waals surface area contributed by atoms with Gasteiger partial charge in [0.05, 0.1) is 6.42 Å². The van der Waals surface area contributed by atoms with Crippen molar-refractivity contribution >= 4 is 5.69 Å². The van der Waals surface area contributed by atoms with Gasteiger partial charge in [0, 0.05) is 11.3 Å². The Kier molecular flexibility index (Phi) is 3.09. The van der Waals surface area contributed by atoms with E-state index in [1.165, 1.54) is 0 Å². The van der Waals surface area contributed by atoms with E-state index in [2.05, 4.69) is 10.1 Å². The van der Waals surface area contributed by atoms with Crippen molar-refractivity contribution in [1.29, 1.82) is 0 Å². The van der Waals surface area contributed by atoms with Crippen molar-refractivity contribution in [2.24, 2.45) is 0 Å². The number of hydrogen-bond acceptors (Lipinski definition) is 5. The van der Waals surface area contributed by atoms with Gasteiger partial charge in [-0.25, -0.2) is 0 Å². The van der Waals surface area contributed by atoms with Gasteiger partial charge in [0.15, 0.2) is 0 Å². The molecule has 0 amide bonds. The highest BCUT2D eigenvalue weighted by molar-refractivity contribution is 5.56. The van der Waals surface area contributed by atoms with Crippen LogP contribution in [0.5, 0.6) is 5.75 Å². The first-order valence-corrected chi connectivity index (χ1v) is 6.17. The molecule has 0 aliphatic carbocycles. The number of phenols is 1. The van der Waals surface area contributed by atoms with Crippen LogP contribution >= 0.6 is 0 Å². The number of phenolic OH excluding ortho intramolecular Hbond substituents is 1. The average molecular weight is 267 g/mol. The summed E-state index contributed by atoms with van der Waals surface area (Å²) in [6.07, 6.45) is 0.548. The maximum absolute atomic E-state index is 9.44. The lowest BCUT2D eigenvalue weighted by Gasteiger charge is -1.97. The largest absolute Gasteiger partial charge is 0.508 e. The lowest BCUT2D eigenvalue weighted by Crippen LogP contribution is -1.90. The van der Waals surface area contributed by atoms with E-state index in [-0.39, 0.29) is 5.75 Å². The second kappa shape index (κ2) is 5.05. The number of anilines is 1. The van der Waals surface area contributed by atoms with E-state index in [1.807, 2.05) is 30.3 Å². The normalized spacial score (nSPS) is 10.6. The number of rotatable bonds is 3. The molecule has 100 valence electrons. The minimum absolute atomic E-state index is 0.174. The maximum atomic E-state index is 9.44. The lowest BCUT2D eigenvalue weighted by molar-refractivity contribution is 0.385. The molecule has 0 saturated heterocycles. The predicted molar refractivity (Wildman–Crippen MR) is 75.1 cm³/mol. The van der Waals surface area contributed by atoms with Crippen LogP contribution in [0.4, 0.5) is 5.69 Å². The van der Waals surface area contributed by atoms with E-state index in [4.69, 9.17) is 10.3 Å². The highest BCUT2D eigenvalue weighted by atomic mass is 16.5. The van der Waals surface area contributed by atoms with Crippen LogP contribution in [0.2, 0.25) is 0 Å². The van der Waals surface area contributed by atoms with Crippen molar-refractivity contribution in [2.75, 3.05) is 5.73 Å². The second-order valence-electron chi connectivity index (χ2n) is 4.48. The van der Waals surface area contributed by atoms with Gasteiger partial charge in [-0.3, -0.25) is 0 Å². The lowest BCUT2D eigenvalue weighted by atomic mass is 10.1. The van der Waals surface area contributed by atoms with Crippen LogP contribution in [0.25, 0.3) is 11.4 Å². The fourth-order valence-corrected chi connectivity index (χ4v) is 1.90. The van der Waals surface area contributed by atoms with Gasteiger partial charge in [-0.05, 0) is 29.8 Å². The summed E-state index contributed by atoms with van der Waals surface area (Å²) in [5.74, 6) is 1.16. The number of aromatic hydroxyl groups is 1. The Labute approximate surface area is 115 Å². The van der Waals surface area contributed by atoms with Gasteiger partial charge in [0.2, 0.25) is 11.7 Å². The zero-order valence-electron chi connectivity index (χ0n) is 10.7. The van der Waals surface area contributed by atoms with Crippen molar-refractivity contribution in [1.82, 2.24) is 10.1 Å². The molecule has 0 aliphatic rings. The van der Waals surface area contributed by atoms with E-state index in [0.29, 0.717) is 18.1 Å². The van der Waals surface area contributed by atoms with E-state index in [9.17, 15) is 5.11 Å². The molecule has 0 spiro atoms. The second-order valence-corrected chi connectivity index (χ2v) is 4.48. The van der Waals surface area contributed by atoms with Gasteiger partial charge in [-0.2, -0.15) is 4.98 Å². The first-order valence-electron chi connectivity index (χ1n) is 6.17. The fourth-order valence-electron chi connectivity index (χ4n) is 1.90. The monoisotopic (exact) mass is 267 g/mol. The Bertz CT molecular complexity index is 720. The van der Waals surface area contributed by atoms with Crippen LogP contribution in [0.3, 0.4) is 0 Å². The number of aromatic nitrogens is 2. The van der Waals surface area contributed by atoms with E-state index in [0.717, 1.165) is 16.8 Å². The molecule has 0 fully saturated rings. The van der Waals surface area contributed by atoms with Gasteiger partial charge in [0.1, 0.15) is 5.75 Å². The third-order valence-electron chi connectivity index (χ3n) is 2.91. The van der Waals surface area contributed by atoms with Crippen LogP contribution in [0.1, 0.15) is 11.5 Å². The Hall–Kier alpha value is -2.82. The Morgan fingerprint density at radius 3 is 2.65 bits per heavy atom. The quantitative estimate of drug-likeness (QED) is 0.712. The summed E-state index contributed by atoms with van der Waals surface area (Å²) in [4.78, 5) is 4.32. The number of nitrogens with two attached hydrogens (primary N) is 1. The topological polar surface area (TPSA) is 85.2 Å². The van der Waals surface area contributed by atoms with Crippen LogP contribution in [-0.2, 0) is 6.42 Å². The molecule has 2 aromatic carbocycles. The fraction of sp³-hybridized carbons (Fsp3) is 0.0667. The van der Waals surface area contributed by atoms with E-state index in [1.54, 1.807) is 18.2 Å². The molecular weight excluding hydrogens is 254 g/mol. The summed E-state index contributed by atoms with van der Waals surface area (Å²) < 4.78 is 5.22. The highest BCUT2D eigenvalue weighted by Gasteiger charge is 2.09.